The summed E-state index contributed by atoms with van der Waals surface area (Å²) in [6.07, 6.45) is 1.22. The molecule has 2 N–H and O–H groups in total. The van der Waals surface area contributed by atoms with Crippen molar-refractivity contribution in [3.8, 4) is 5.75 Å². The van der Waals surface area contributed by atoms with Crippen LogP contribution in [0.5, 0.6) is 5.75 Å². The van der Waals surface area contributed by atoms with Crippen LogP contribution in [0, 0.1) is 6.92 Å². The molecule has 0 fully saturated rings. The van der Waals surface area contributed by atoms with Crippen molar-refractivity contribution in [1.82, 2.24) is 15.5 Å². The van der Waals surface area contributed by atoms with Crippen LogP contribution in [0.2, 0.25) is 0 Å². The van der Waals surface area contributed by atoms with Crippen LogP contribution < -0.4 is 15.4 Å². The van der Waals surface area contributed by atoms with Gasteiger partial charge in [-0.1, -0.05) is 24.3 Å². The minimum absolute atomic E-state index is 0. The van der Waals surface area contributed by atoms with E-state index in [-0.39, 0.29) is 24.0 Å². The third kappa shape index (κ3) is 9.44. The van der Waals surface area contributed by atoms with Crippen LogP contribution in [0.1, 0.15) is 16.7 Å². The van der Waals surface area contributed by atoms with Crippen LogP contribution in [0.25, 0.3) is 0 Å². The number of hydrogen-bond donors (Lipinski definition) is 2. The van der Waals surface area contributed by atoms with Crippen molar-refractivity contribution in [3.05, 3.63) is 59.2 Å². The Morgan fingerprint density at radius 2 is 1.71 bits per heavy atom. The minimum Gasteiger partial charge on any atom is -0.492 e. The zero-order valence-electron chi connectivity index (χ0n) is 18.8. The average molecular weight is 561 g/mol. The Kier molecular flexibility index (Phi) is 11.3. The Hall–Kier alpha value is -1.85. The van der Waals surface area contributed by atoms with Crippen molar-refractivity contribution in [2.24, 2.45) is 4.99 Å². The molecule has 0 unspecified atom stereocenters. The van der Waals surface area contributed by atoms with Gasteiger partial charge in [0.1, 0.15) is 12.4 Å². The van der Waals surface area contributed by atoms with Crippen molar-refractivity contribution in [3.63, 3.8) is 0 Å². The summed E-state index contributed by atoms with van der Waals surface area (Å²) < 4.78 is 29.3. The largest absolute Gasteiger partial charge is 0.492 e. The first-order valence-electron chi connectivity index (χ1n) is 9.79. The van der Waals surface area contributed by atoms with Gasteiger partial charge in [0.15, 0.2) is 15.8 Å². The summed E-state index contributed by atoms with van der Waals surface area (Å²) in [7, 11) is 2.54. The van der Waals surface area contributed by atoms with Gasteiger partial charge in [-0.15, -0.1) is 24.0 Å². The molecule has 0 aliphatic heterocycles. The molecule has 2 aromatic rings. The molecule has 7 nitrogen and oxygen atoms in total. The molecule has 0 aliphatic rings. The highest BCUT2D eigenvalue weighted by molar-refractivity contribution is 14.0. The number of nitrogens with zero attached hydrogens (tertiary/aromatic N) is 2. The predicted octanol–water partition coefficient (Wildman–Crippen LogP) is 2.82. The molecule has 31 heavy (non-hydrogen) atoms. The standard InChI is InChI=1S/C22H32N4O3S.HI/c1-17-13-19(9-10-21(17)30(5,27)28)16-25-22(23-2)24-15-18-7-6-8-20(14-18)29-12-11-26(3)4;/h6-10,13-14H,11-12,15-16H2,1-5H3,(H2,23,24,25);1H. The molecule has 0 bridgehead atoms. The summed E-state index contributed by atoms with van der Waals surface area (Å²) in [6, 6.07) is 13.3. The van der Waals surface area contributed by atoms with Gasteiger partial charge in [-0.2, -0.15) is 0 Å². The number of hydrogen-bond acceptors (Lipinski definition) is 5. The molecular weight excluding hydrogens is 527 g/mol. The maximum Gasteiger partial charge on any atom is 0.191 e. The van der Waals surface area contributed by atoms with Crippen LogP contribution in [0.4, 0.5) is 0 Å². The summed E-state index contributed by atoms with van der Waals surface area (Å²) in [5.74, 6) is 1.51. The molecule has 172 valence electrons. The maximum atomic E-state index is 11.8. The van der Waals surface area contributed by atoms with Gasteiger partial charge < -0.3 is 20.3 Å². The van der Waals surface area contributed by atoms with E-state index in [0.717, 1.165) is 29.0 Å². The number of sulfone groups is 1. The Labute approximate surface area is 203 Å². The summed E-state index contributed by atoms with van der Waals surface area (Å²) in [5.41, 5.74) is 2.82. The van der Waals surface area contributed by atoms with Crippen molar-refractivity contribution < 1.29 is 13.2 Å². The van der Waals surface area contributed by atoms with Crippen LogP contribution in [0.15, 0.2) is 52.4 Å². The quantitative estimate of drug-likeness (QED) is 0.279. The van der Waals surface area contributed by atoms with E-state index in [1.54, 1.807) is 20.0 Å². The van der Waals surface area contributed by atoms with Crippen molar-refractivity contribution >= 4 is 39.8 Å². The zero-order chi connectivity index (χ0) is 22.1. The topological polar surface area (TPSA) is 83.0 Å². The molecule has 0 aliphatic carbocycles. The fourth-order valence-corrected chi connectivity index (χ4v) is 3.88. The van der Waals surface area contributed by atoms with Crippen molar-refractivity contribution in [1.29, 1.82) is 0 Å². The molecule has 2 aromatic carbocycles. The monoisotopic (exact) mass is 560 g/mol. The van der Waals surface area contributed by atoms with Crippen molar-refractivity contribution in [2.75, 3.05) is 40.6 Å². The van der Waals surface area contributed by atoms with Gasteiger partial charge in [0, 0.05) is 32.9 Å². The Bertz CT molecular complexity index is 978. The van der Waals surface area contributed by atoms with Gasteiger partial charge in [0.25, 0.3) is 0 Å². The number of rotatable bonds is 9. The van der Waals surface area contributed by atoms with E-state index in [1.807, 2.05) is 50.5 Å². The SMILES string of the molecule is CN=C(NCc1cccc(OCCN(C)C)c1)NCc1ccc(S(C)(=O)=O)c(C)c1.I. The van der Waals surface area contributed by atoms with E-state index in [0.29, 0.717) is 30.6 Å². The molecule has 0 amide bonds. The van der Waals surface area contributed by atoms with E-state index in [9.17, 15) is 8.42 Å². The minimum atomic E-state index is -3.21. The second-order valence-corrected chi connectivity index (χ2v) is 9.43. The lowest BCUT2D eigenvalue weighted by molar-refractivity contribution is 0.261. The van der Waals surface area contributed by atoms with Gasteiger partial charge in [-0.3, -0.25) is 4.99 Å². The lowest BCUT2D eigenvalue weighted by Crippen LogP contribution is -2.36. The number of halogens is 1. The molecule has 0 heterocycles. The van der Waals surface area contributed by atoms with Crippen LogP contribution in [-0.2, 0) is 22.9 Å². The third-order valence-corrected chi connectivity index (χ3v) is 5.75. The maximum absolute atomic E-state index is 11.8. The molecule has 0 aromatic heterocycles. The van der Waals surface area contributed by atoms with Crippen LogP contribution >= 0.6 is 24.0 Å². The first-order valence-corrected chi connectivity index (χ1v) is 11.7. The highest BCUT2D eigenvalue weighted by Gasteiger charge is 2.11. The lowest BCUT2D eigenvalue weighted by atomic mass is 10.1. The number of nitrogens with one attached hydrogen (secondary N) is 2. The first-order chi connectivity index (χ1) is 14.2. The van der Waals surface area contributed by atoms with E-state index >= 15 is 0 Å². The molecular formula is C22H33IN4O3S. The first kappa shape index (κ1) is 27.2. The van der Waals surface area contributed by atoms with E-state index in [1.165, 1.54) is 6.26 Å². The molecule has 2 rings (SSSR count). The Morgan fingerprint density at radius 3 is 2.26 bits per heavy atom. The number of aryl methyl sites for hydroxylation is 1. The van der Waals surface area contributed by atoms with Gasteiger partial charge >= 0.3 is 0 Å². The highest BCUT2D eigenvalue weighted by Crippen LogP contribution is 2.16. The second kappa shape index (κ2) is 12.9. The predicted molar refractivity (Wildman–Crippen MR) is 137 cm³/mol. The van der Waals surface area contributed by atoms with E-state index in [4.69, 9.17) is 4.74 Å². The smallest absolute Gasteiger partial charge is 0.191 e. The zero-order valence-corrected chi connectivity index (χ0v) is 22.0. The summed E-state index contributed by atoms with van der Waals surface area (Å²) >= 11 is 0. The third-order valence-electron chi connectivity index (χ3n) is 4.49. The Balaban J connectivity index is 0.00000480. The average Bonchev–Trinajstić information content (AvgIpc) is 2.67. The van der Waals surface area contributed by atoms with E-state index in [2.05, 4.69) is 20.5 Å². The number of benzene rings is 2. The van der Waals surface area contributed by atoms with Gasteiger partial charge in [-0.25, -0.2) is 8.42 Å². The van der Waals surface area contributed by atoms with Gasteiger partial charge in [0.05, 0.1) is 4.90 Å². The molecule has 0 radical (unpaired) electrons. The van der Waals surface area contributed by atoms with Crippen LogP contribution in [0.3, 0.4) is 0 Å². The summed E-state index contributed by atoms with van der Waals surface area (Å²) in [6.45, 7) is 4.46. The van der Waals surface area contributed by atoms with Crippen molar-refractivity contribution in [2.45, 2.75) is 24.9 Å². The Morgan fingerprint density at radius 1 is 1.06 bits per heavy atom. The number of aliphatic imine (C=N–C) groups is 1. The molecule has 9 heteroatoms. The molecule has 0 saturated heterocycles. The number of likely N-dealkylation sites (N-methyl/N-ethyl adjacent to an activating group) is 1. The summed E-state index contributed by atoms with van der Waals surface area (Å²) in [4.78, 5) is 6.69. The highest BCUT2D eigenvalue weighted by atomic mass is 127. The number of ether oxygens (including phenoxy) is 1. The number of guanidine groups is 1. The molecule has 0 atom stereocenters. The van der Waals surface area contributed by atoms with Gasteiger partial charge in [0.2, 0.25) is 0 Å². The second-order valence-electron chi connectivity index (χ2n) is 7.45. The van der Waals surface area contributed by atoms with Gasteiger partial charge in [-0.05, 0) is 55.9 Å². The van der Waals surface area contributed by atoms with Crippen LogP contribution in [-0.4, -0.2) is 59.8 Å². The molecule has 0 saturated carbocycles. The normalized spacial score (nSPS) is 11.7. The lowest BCUT2D eigenvalue weighted by Gasteiger charge is -2.14. The molecule has 0 spiro atoms. The summed E-state index contributed by atoms with van der Waals surface area (Å²) in [5, 5.41) is 6.54. The fourth-order valence-electron chi connectivity index (χ4n) is 2.92. The van der Waals surface area contributed by atoms with E-state index < -0.39 is 9.84 Å². The fraction of sp³-hybridized carbons (Fsp3) is 0.409.